The van der Waals surface area contributed by atoms with Crippen LogP contribution in [0.5, 0.6) is 0 Å². The summed E-state index contributed by atoms with van der Waals surface area (Å²) in [5.41, 5.74) is 2.39. The Morgan fingerprint density at radius 3 is 3.19 bits per heavy atom. The van der Waals surface area contributed by atoms with Gasteiger partial charge in [0.25, 0.3) is 0 Å². The standard InChI is InChI=1S/C13H17FN2/c1-16-8-9-4-5-15-7-12(9)11-3-2-10(14)6-13(11)16/h2-3,6,9,12,15H,4-5,7-8H2,1H3. The van der Waals surface area contributed by atoms with Crippen LogP contribution < -0.4 is 10.2 Å². The summed E-state index contributed by atoms with van der Waals surface area (Å²) in [5, 5.41) is 3.44. The van der Waals surface area contributed by atoms with Gasteiger partial charge in [-0.15, -0.1) is 0 Å². The first-order valence-corrected chi connectivity index (χ1v) is 5.97. The topological polar surface area (TPSA) is 15.3 Å². The first-order chi connectivity index (χ1) is 7.75. The average molecular weight is 220 g/mol. The van der Waals surface area contributed by atoms with Crippen molar-refractivity contribution in [1.82, 2.24) is 5.32 Å². The molecule has 0 aromatic heterocycles. The summed E-state index contributed by atoms with van der Waals surface area (Å²) >= 11 is 0. The van der Waals surface area contributed by atoms with Crippen molar-refractivity contribution in [2.75, 3.05) is 31.6 Å². The number of nitrogens with zero attached hydrogens (tertiary/aromatic N) is 1. The van der Waals surface area contributed by atoms with Crippen LogP contribution >= 0.6 is 0 Å². The van der Waals surface area contributed by atoms with Crippen LogP contribution in [0.4, 0.5) is 10.1 Å². The molecule has 0 spiro atoms. The number of nitrogens with one attached hydrogen (secondary N) is 1. The highest BCUT2D eigenvalue weighted by molar-refractivity contribution is 5.57. The van der Waals surface area contributed by atoms with E-state index in [1.165, 1.54) is 12.0 Å². The second-order valence-corrected chi connectivity index (χ2v) is 4.94. The number of benzene rings is 1. The normalized spacial score (nSPS) is 28.5. The van der Waals surface area contributed by atoms with Crippen molar-refractivity contribution in [3.63, 3.8) is 0 Å². The van der Waals surface area contributed by atoms with E-state index in [1.807, 2.05) is 6.07 Å². The largest absolute Gasteiger partial charge is 0.374 e. The van der Waals surface area contributed by atoms with Crippen LogP contribution in [-0.2, 0) is 0 Å². The second kappa shape index (κ2) is 3.74. The number of fused-ring (bicyclic) bond motifs is 3. The van der Waals surface area contributed by atoms with Gasteiger partial charge in [0.2, 0.25) is 0 Å². The molecule has 0 bridgehead atoms. The molecule has 1 aromatic rings. The molecule has 2 atom stereocenters. The third-order valence-corrected chi connectivity index (χ3v) is 3.94. The van der Waals surface area contributed by atoms with Crippen molar-refractivity contribution in [3.05, 3.63) is 29.6 Å². The lowest BCUT2D eigenvalue weighted by atomic mass is 9.77. The summed E-state index contributed by atoms with van der Waals surface area (Å²) in [6, 6.07) is 5.22. The van der Waals surface area contributed by atoms with E-state index in [0.29, 0.717) is 5.92 Å². The molecule has 0 radical (unpaired) electrons. The van der Waals surface area contributed by atoms with Gasteiger partial charge < -0.3 is 10.2 Å². The molecule has 16 heavy (non-hydrogen) atoms. The van der Waals surface area contributed by atoms with Crippen LogP contribution in [0.3, 0.4) is 0 Å². The minimum atomic E-state index is -0.132. The fraction of sp³-hybridized carbons (Fsp3) is 0.538. The summed E-state index contributed by atoms with van der Waals surface area (Å²) in [4.78, 5) is 2.20. The third kappa shape index (κ3) is 1.50. The quantitative estimate of drug-likeness (QED) is 0.719. The van der Waals surface area contributed by atoms with Gasteiger partial charge in [0.15, 0.2) is 0 Å². The molecule has 0 amide bonds. The maximum Gasteiger partial charge on any atom is 0.125 e. The average Bonchev–Trinajstić information content (AvgIpc) is 2.29. The highest BCUT2D eigenvalue weighted by atomic mass is 19.1. The molecule has 0 saturated carbocycles. The minimum Gasteiger partial charge on any atom is -0.374 e. The number of halogens is 1. The number of hydrogen-bond acceptors (Lipinski definition) is 2. The van der Waals surface area contributed by atoms with Crippen LogP contribution in [0, 0.1) is 11.7 Å². The molecule has 1 saturated heterocycles. The van der Waals surface area contributed by atoms with Gasteiger partial charge in [0.05, 0.1) is 0 Å². The molecule has 3 rings (SSSR count). The molecule has 2 nitrogen and oxygen atoms in total. The number of piperidine rings is 1. The predicted molar refractivity (Wildman–Crippen MR) is 63.4 cm³/mol. The van der Waals surface area contributed by atoms with E-state index < -0.39 is 0 Å². The summed E-state index contributed by atoms with van der Waals surface area (Å²) in [6.07, 6.45) is 1.23. The van der Waals surface area contributed by atoms with E-state index in [-0.39, 0.29) is 5.82 Å². The second-order valence-electron chi connectivity index (χ2n) is 4.94. The Hall–Kier alpha value is -1.09. The third-order valence-electron chi connectivity index (χ3n) is 3.94. The molecule has 2 heterocycles. The Morgan fingerprint density at radius 2 is 2.31 bits per heavy atom. The van der Waals surface area contributed by atoms with Gasteiger partial charge in [0, 0.05) is 31.7 Å². The Balaban J connectivity index is 2.04. The lowest BCUT2D eigenvalue weighted by molar-refractivity contribution is 0.316. The monoisotopic (exact) mass is 220 g/mol. The van der Waals surface area contributed by atoms with Crippen LogP contribution in [0.1, 0.15) is 17.9 Å². The Bertz CT molecular complexity index is 405. The van der Waals surface area contributed by atoms with Crippen molar-refractivity contribution in [3.8, 4) is 0 Å². The lowest BCUT2D eigenvalue weighted by Crippen LogP contribution is -2.44. The van der Waals surface area contributed by atoms with Gasteiger partial charge in [-0.1, -0.05) is 6.07 Å². The molecular weight excluding hydrogens is 203 g/mol. The smallest absolute Gasteiger partial charge is 0.125 e. The summed E-state index contributed by atoms with van der Waals surface area (Å²) in [5.74, 6) is 1.16. The van der Waals surface area contributed by atoms with Crippen molar-refractivity contribution in [2.45, 2.75) is 12.3 Å². The van der Waals surface area contributed by atoms with Crippen molar-refractivity contribution in [1.29, 1.82) is 0 Å². The maximum absolute atomic E-state index is 13.2. The fourth-order valence-electron chi connectivity index (χ4n) is 3.11. The van der Waals surface area contributed by atoms with Crippen molar-refractivity contribution in [2.24, 2.45) is 5.92 Å². The molecule has 1 fully saturated rings. The molecule has 3 heteroatoms. The van der Waals surface area contributed by atoms with E-state index in [0.717, 1.165) is 31.2 Å². The molecule has 1 N–H and O–H groups in total. The zero-order chi connectivity index (χ0) is 11.1. The Morgan fingerprint density at radius 1 is 1.44 bits per heavy atom. The van der Waals surface area contributed by atoms with Gasteiger partial charge in [-0.2, -0.15) is 0 Å². The van der Waals surface area contributed by atoms with E-state index in [1.54, 1.807) is 12.1 Å². The highest BCUT2D eigenvalue weighted by Crippen LogP contribution is 2.40. The molecular formula is C13H17FN2. The zero-order valence-electron chi connectivity index (χ0n) is 9.54. The number of hydrogen-bond donors (Lipinski definition) is 1. The molecule has 86 valence electrons. The molecule has 1 aromatic carbocycles. The van der Waals surface area contributed by atoms with Gasteiger partial charge >= 0.3 is 0 Å². The van der Waals surface area contributed by atoms with Gasteiger partial charge in [0.1, 0.15) is 5.82 Å². The van der Waals surface area contributed by atoms with Gasteiger partial charge in [-0.05, 0) is 36.6 Å². The van der Waals surface area contributed by atoms with E-state index in [4.69, 9.17) is 0 Å². The number of anilines is 1. The van der Waals surface area contributed by atoms with Crippen LogP contribution in [0.15, 0.2) is 18.2 Å². The van der Waals surface area contributed by atoms with E-state index in [9.17, 15) is 4.39 Å². The SMILES string of the molecule is CN1CC2CCNCC2c2ccc(F)cc21. The predicted octanol–water partition coefficient (Wildman–Crippen LogP) is 1.97. The van der Waals surface area contributed by atoms with E-state index >= 15 is 0 Å². The Kier molecular flexibility index (Phi) is 2.36. The fourth-order valence-corrected chi connectivity index (χ4v) is 3.11. The minimum absolute atomic E-state index is 0.132. The van der Waals surface area contributed by atoms with Crippen molar-refractivity contribution < 1.29 is 4.39 Å². The molecule has 2 aliphatic heterocycles. The summed E-state index contributed by atoms with van der Waals surface area (Å²) < 4.78 is 13.2. The number of rotatable bonds is 0. The van der Waals surface area contributed by atoms with Crippen LogP contribution in [0.2, 0.25) is 0 Å². The van der Waals surface area contributed by atoms with Crippen LogP contribution in [0.25, 0.3) is 0 Å². The first-order valence-electron chi connectivity index (χ1n) is 5.97. The molecule has 0 aliphatic carbocycles. The van der Waals surface area contributed by atoms with Crippen LogP contribution in [-0.4, -0.2) is 26.7 Å². The molecule has 2 unspecified atom stereocenters. The highest BCUT2D eigenvalue weighted by Gasteiger charge is 2.33. The van der Waals surface area contributed by atoms with E-state index in [2.05, 4.69) is 17.3 Å². The van der Waals surface area contributed by atoms with Crippen molar-refractivity contribution >= 4 is 5.69 Å². The first kappa shape index (κ1) is 10.1. The van der Waals surface area contributed by atoms with Gasteiger partial charge in [-0.25, -0.2) is 4.39 Å². The Labute approximate surface area is 95.4 Å². The van der Waals surface area contributed by atoms with Gasteiger partial charge in [-0.3, -0.25) is 0 Å². The zero-order valence-corrected chi connectivity index (χ0v) is 9.54. The maximum atomic E-state index is 13.2. The molecule has 2 aliphatic rings. The summed E-state index contributed by atoms with van der Waals surface area (Å²) in [6.45, 7) is 3.21. The lowest BCUT2D eigenvalue weighted by Gasteiger charge is -2.42. The summed E-state index contributed by atoms with van der Waals surface area (Å²) in [7, 11) is 2.07.